The van der Waals surface area contributed by atoms with E-state index in [2.05, 4.69) is 15.3 Å². The molecule has 10 nitrogen and oxygen atoms in total. The molecule has 0 aliphatic rings. The number of nitrogens with one attached hydrogen (secondary N) is 3. The number of aryl methyl sites for hydroxylation is 1. The minimum Gasteiger partial charge on any atom is -0.337 e. The van der Waals surface area contributed by atoms with E-state index in [4.69, 9.17) is 0 Å². The maximum Gasteiger partial charge on any atom is 0.328 e. The van der Waals surface area contributed by atoms with E-state index in [1.165, 1.54) is 14.2 Å². The zero-order valence-corrected chi connectivity index (χ0v) is 13.4. The number of nitrogens with zero attached hydrogens (tertiary/aromatic N) is 2. The summed E-state index contributed by atoms with van der Waals surface area (Å²) < 4.78 is 27.3. The van der Waals surface area contributed by atoms with E-state index in [1.807, 2.05) is 17.1 Å². The standard InChI is InChI=1S/C11H19N5O5S/c1-4-5-6-12-11(18)15-22(19,20)10-8(7-13-16(10)2)9(17)14-21-3/h7H,4-6H2,1-3H3,(H,14,17)(H2,12,15,18). The lowest BCUT2D eigenvalue weighted by Crippen LogP contribution is -2.41. The number of sulfonamides is 1. The van der Waals surface area contributed by atoms with Gasteiger partial charge in [0.1, 0.15) is 5.56 Å². The zero-order chi connectivity index (χ0) is 16.8. The third-order valence-electron chi connectivity index (χ3n) is 2.62. The van der Waals surface area contributed by atoms with E-state index in [-0.39, 0.29) is 5.56 Å². The van der Waals surface area contributed by atoms with Crippen LogP contribution >= 0.6 is 0 Å². The van der Waals surface area contributed by atoms with Crippen molar-refractivity contribution in [2.75, 3.05) is 13.7 Å². The molecule has 11 heteroatoms. The molecule has 0 aliphatic carbocycles. The number of hydrogen-bond donors (Lipinski definition) is 3. The number of amides is 3. The monoisotopic (exact) mass is 333 g/mol. The molecule has 0 bridgehead atoms. The van der Waals surface area contributed by atoms with Crippen molar-refractivity contribution in [3.05, 3.63) is 11.8 Å². The Morgan fingerprint density at radius 3 is 2.68 bits per heavy atom. The van der Waals surface area contributed by atoms with Crippen LogP contribution in [0, 0.1) is 0 Å². The molecule has 0 aromatic carbocycles. The largest absolute Gasteiger partial charge is 0.337 e. The van der Waals surface area contributed by atoms with Crippen LogP contribution in [0.3, 0.4) is 0 Å². The molecule has 1 heterocycles. The third-order valence-corrected chi connectivity index (χ3v) is 4.07. The average Bonchev–Trinajstić information content (AvgIpc) is 2.81. The van der Waals surface area contributed by atoms with Crippen LogP contribution in [-0.2, 0) is 21.9 Å². The zero-order valence-electron chi connectivity index (χ0n) is 12.5. The van der Waals surface area contributed by atoms with Gasteiger partial charge in [-0.05, 0) is 6.42 Å². The summed E-state index contributed by atoms with van der Waals surface area (Å²) in [5, 5.41) is 5.69. The Labute approximate surface area is 128 Å². The van der Waals surface area contributed by atoms with Gasteiger partial charge >= 0.3 is 6.03 Å². The Bertz CT molecular complexity index is 639. The van der Waals surface area contributed by atoms with Gasteiger partial charge in [0.05, 0.1) is 13.3 Å². The summed E-state index contributed by atoms with van der Waals surface area (Å²) in [6.07, 6.45) is 2.65. The molecule has 124 valence electrons. The fraction of sp³-hybridized carbons (Fsp3) is 0.545. The first-order chi connectivity index (χ1) is 10.3. The molecule has 3 N–H and O–H groups in total. The van der Waals surface area contributed by atoms with E-state index < -0.39 is 27.0 Å². The highest BCUT2D eigenvalue weighted by molar-refractivity contribution is 7.90. The Balaban J connectivity index is 2.96. The predicted octanol–water partition coefficient (Wildman–Crippen LogP) is -0.501. The van der Waals surface area contributed by atoms with Gasteiger partial charge in [-0.25, -0.2) is 15.0 Å². The molecular weight excluding hydrogens is 314 g/mol. The van der Waals surface area contributed by atoms with Crippen molar-refractivity contribution in [2.24, 2.45) is 7.05 Å². The van der Waals surface area contributed by atoms with Crippen molar-refractivity contribution in [3.8, 4) is 0 Å². The third kappa shape index (κ3) is 4.43. The van der Waals surface area contributed by atoms with Crippen LogP contribution in [0.2, 0.25) is 0 Å². The summed E-state index contributed by atoms with van der Waals surface area (Å²) in [5.74, 6) is -0.789. The van der Waals surface area contributed by atoms with Gasteiger partial charge in [0.2, 0.25) is 0 Å². The normalized spacial score (nSPS) is 11.0. The summed E-state index contributed by atoms with van der Waals surface area (Å²) in [6.45, 7) is 2.28. The van der Waals surface area contributed by atoms with Gasteiger partial charge in [-0.2, -0.15) is 13.5 Å². The number of hydroxylamine groups is 1. The molecule has 1 aromatic rings. The highest BCUT2D eigenvalue weighted by Crippen LogP contribution is 2.14. The number of aromatic nitrogens is 2. The first-order valence-corrected chi connectivity index (χ1v) is 7.97. The maximum absolute atomic E-state index is 12.2. The molecule has 0 aliphatic heterocycles. The Morgan fingerprint density at radius 1 is 1.41 bits per heavy atom. The molecule has 0 fully saturated rings. The average molecular weight is 333 g/mol. The van der Waals surface area contributed by atoms with Gasteiger partial charge in [-0.15, -0.1) is 0 Å². The first kappa shape index (κ1) is 17.9. The molecule has 1 aromatic heterocycles. The number of unbranched alkanes of at least 4 members (excludes halogenated alkanes) is 1. The minimum atomic E-state index is -4.26. The quantitative estimate of drug-likeness (QED) is 0.455. The number of hydrogen-bond acceptors (Lipinski definition) is 6. The van der Waals surface area contributed by atoms with Crippen LogP contribution in [-0.4, -0.2) is 43.8 Å². The van der Waals surface area contributed by atoms with Gasteiger partial charge in [-0.1, -0.05) is 13.3 Å². The second-order valence-electron chi connectivity index (χ2n) is 4.34. The summed E-state index contributed by atoms with van der Waals surface area (Å²) >= 11 is 0. The second kappa shape index (κ2) is 7.75. The SMILES string of the molecule is CCCCNC(=O)NS(=O)(=O)c1c(C(=O)NOC)cnn1C. The smallest absolute Gasteiger partial charge is 0.328 e. The molecule has 0 atom stereocenters. The van der Waals surface area contributed by atoms with E-state index in [0.29, 0.717) is 6.54 Å². The van der Waals surface area contributed by atoms with Crippen molar-refractivity contribution in [3.63, 3.8) is 0 Å². The fourth-order valence-electron chi connectivity index (χ4n) is 1.63. The summed E-state index contributed by atoms with van der Waals surface area (Å²) in [4.78, 5) is 27.8. The van der Waals surface area contributed by atoms with Crippen molar-refractivity contribution < 1.29 is 22.8 Å². The number of carbonyl (C=O) groups is 2. The molecular formula is C11H19N5O5S. The molecule has 3 amide bonds. The highest BCUT2D eigenvalue weighted by atomic mass is 32.2. The Hall–Kier alpha value is -2.14. The van der Waals surface area contributed by atoms with Crippen molar-refractivity contribution in [1.82, 2.24) is 25.3 Å². The summed E-state index contributed by atoms with van der Waals surface area (Å²) in [7, 11) is -1.71. The van der Waals surface area contributed by atoms with Gasteiger partial charge < -0.3 is 5.32 Å². The van der Waals surface area contributed by atoms with Crippen LogP contribution in [0.5, 0.6) is 0 Å². The van der Waals surface area contributed by atoms with E-state index in [0.717, 1.165) is 23.7 Å². The molecule has 0 saturated heterocycles. The maximum atomic E-state index is 12.2. The van der Waals surface area contributed by atoms with Crippen molar-refractivity contribution >= 4 is 22.0 Å². The van der Waals surface area contributed by atoms with E-state index in [1.54, 1.807) is 0 Å². The number of urea groups is 1. The molecule has 22 heavy (non-hydrogen) atoms. The first-order valence-electron chi connectivity index (χ1n) is 6.49. The molecule has 0 spiro atoms. The topological polar surface area (TPSA) is 131 Å². The van der Waals surface area contributed by atoms with Crippen LogP contribution in [0.25, 0.3) is 0 Å². The summed E-state index contributed by atoms with van der Waals surface area (Å²) in [6, 6.07) is -0.868. The van der Waals surface area contributed by atoms with Crippen molar-refractivity contribution in [2.45, 2.75) is 24.8 Å². The van der Waals surface area contributed by atoms with E-state index in [9.17, 15) is 18.0 Å². The number of rotatable bonds is 7. The van der Waals surface area contributed by atoms with Crippen LogP contribution in [0.4, 0.5) is 4.79 Å². The van der Waals surface area contributed by atoms with E-state index >= 15 is 0 Å². The van der Waals surface area contributed by atoms with Gasteiger partial charge in [0.15, 0.2) is 5.03 Å². The van der Waals surface area contributed by atoms with Crippen LogP contribution in [0.15, 0.2) is 11.2 Å². The predicted molar refractivity (Wildman–Crippen MR) is 76.3 cm³/mol. The minimum absolute atomic E-state index is 0.238. The Morgan fingerprint density at radius 2 is 2.09 bits per heavy atom. The lowest BCUT2D eigenvalue weighted by Gasteiger charge is -2.10. The van der Waals surface area contributed by atoms with Crippen LogP contribution in [0.1, 0.15) is 30.1 Å². The number of carbonyl (C=O) groups excluding carboxylic acids is 2. The van der Waals surface area contributed by atoms with Crippen molar-refractivity contribution in [1.29, 1.82) is 0 Å². The molecule has 0 unspecified atom stereocenters. The summed E-state index contributed by atoms with van der Waals surface area (Å²) in [5.41, 5.74) is 1.76. The van der Waals surface area contributed by atoms with Gasteiger partial charge in [0.25, 0.3) is 15.9 Å². The fourth-order valence-corrected chi connectivity index (χ4v) is 2.88. The molecule has 0 radical (unpaired) electrons. The Kier molecular flexibility index (Phi) is 6.31. The highest BCUT2D eigenvalue weighted by Gasteiger charge is 2.28. The molecule has 1 rings (SSSR count). The van der Waals surface area contributed by atoms with Gasteiger partial charge in [-0.3, -0.25) is 14.3 Å². The second-order valence-corrected chi connectivity index (χ2v) is 5.93. The molecule has 0 saturated carbocycles. The lowest BCUT2D eigenvalue weighted by molar-refractivity contribution is 0.0533. The lowest BCUT2D eigenvalue weighted by atomic mass is 10.3. The van der Waals surface area contributed by atoms with Gasteiger partial charge in [0, 0.05) is 13.6 Å². The van der Waals surface area contributed by atoms with Crippen LogP contribution < -0.4 is 15.5 Å².